The highest BCUT2D eigenvalue weighted by molar-refractivity contribution is 6.33. The van der Waals surface area contributed by atoms with Gasteiger partial charge in [0, 0.05) is 51.5 Å². The van der Waals surface area contributed by atoms with E-state index >= 15 is 0 Å². The summed E-state index contributed by atoms with van der Waals surface area (Å²) in [4.78, 5) is 34.1. The molecule has 198 valence electrons. The van der Waals surface area contributed by atoms with Crippen LogP contribution in [0.5, 0.6) is 0 Å². The van der Waals surface area contributed by atoms with Crippen LogP contribution in [0.3, 0.4) is 0 Å². The van der Waals surface area contributed by atoms with Crippen molar-refractivity contribution in [3.63, 3.8) is 0 Å². The van der Waals surface area contributed by atoms with Crippen molar-refractivity contribution in [1.29, 1.82) is 0 Å². The molecule has 3 heterocycles. The van der Waals surface area contributed by atoms with Gasteiger partial charge < -0.3 is 15.1 Å². The fourth-order valence-electron chi connectivity index (χ4n) is 5.69. The summed E-state index contributed by atoms with van der Waals surface area (Å²) in [5, 5.41) is 3.40. The van der Waals surface area contributed by atoms with Crippen molar-refractivity contribution in [1.82, 2.24) is 20.1 Å². The average molecular weight is 535 g/mol. The van der Waals surface area contributed by atoms with Gasteiger partial charge in [-0.25, -0.2) is 4.39 Å². The number of fused-ring (bicyclic) bond motifs is 1. The van der Waals surface area contributed by atoms with Gasteiger partial charge in [-0.1, -0.05) is 54.1 Å². The van der Waals surface area contributed by atoms with Crippen molar-refractivity contribution in [2.45, 2.75) is 25.3 Å². The number of hydrogen-bond acceptors (Lipinski definition) is 4. The highest BCUT2D eigenvalue weighted by Crippen LogP contribution is 2.33. The Morgan fingerprint density at radius 3 is 2.45 bits per heavy atom. The van der Waals surface area contributed by atoms with E-state index in [1.54, 1.807) is 23.4 Å². The minimum absolute atomic E-state index is 0.0296. The molecular formula is C30H32ClFN4O2. The van der Waals surface area contributed by atoms with Crippen LogP contribution in [0.2, 0.25) is 5.02 Å². The predicted octanol–water partition coefficient (Wildman–Crippen LogP) is 4.76. The SMILES string of the molecule is O=C(CCc1cccnc1)NC(CCN1CC2CN(C(=O)c3c(F)cccc3Cl)CC2C1)c1ccccc1. The van der Waals surface area contributed by atoms with E-state index < -0.39 is 5.82 Å². The second kappa shape index (κ2) is 12.0. The van der Waals surface area contributed by atoms with E-state index in [0.717, 1.165) is 37.2 Å². The molecule has 3 unspecified atom stereocenters. The van der Waals surface area contributed by atoms with Crippen LogP contribution < -0.4 is 5.32 Å². The van der Waals surface area contributed by atoms with Gasteiger partial charge in [0.05, 0.1) is 16.6 Å². The number of likely N-dealkylation sites (tertiary alicyclic amines) is 2. The third-order valence-corrected chi connectivity index (χ3v) is 7.98. The minimum atomic E-state index is -0.573. The van der Waals surface area contributed by atoms with E-state index in [1.165, 1.54) is 12.1 Å². The quantitative estimate of drug-likeness (QED) is 0.430. The molecule has 38 heavy (non-hydrogen) atoms. The van der Waals surface area contributed by atoms with Gasteiger partial charge in [-0.3, -0.25) is 14.6 Å². The maximum atomic E-state index is 14.3. The molecule has 2 aliphatic rings. The second-order valence-electron chi connectivity index (χ2n) is 10.3. The van der Waals surface area contributed by atoms with Gasteiger partial charge >= 0.3 is 0 Å². The Morgan fingerprint density at radius 2 is 1.76 bits per heavy atom. The maximum Gasteiger partial charge on any atom is 0.258 e. The van der Waals surface area contributed by atoms with Gasteiger partial charge in [0.1, 0.15) is 5.82 Å². The van der Waals surface area contributed by atoms with Crippen LogP contribution in [0, 0.1) is 17.7 Å². The second-order valence-corrected chi connectivity index (χ2v) is 10.7. The Hall–Kier alpha value is -3.29. The summed E-state index contributed by atoms with van der Waals surface area (Å²) in [6.45, 7) is 3.84. The van der Waals surface area contributed by atoms with Gasteiger partial charge in [0.2, 0.25) is 5.91 Å². The Balaban J connectivity index is 1.14. The zero-order valence-corrected chi connectivity index (χ0v) is 22.0. The number of aryl methyl sites for hydroxylation is 1. The molecule has 2 saturated heterocycles. The van der Waals surface area contributed by atoms with Gasteiger partial charge in [-0.15, -0.1) is 0 Å². The number of rotatable bonds is 9. The maximum absolute atomic E-state index is 14.3. The van der Waals surface area contributed by atoms with E-state index in [9.17, 15) is 14.0 Å². The van der Waals surface area contributed by atoms with E-state index in [1.807, 2.05) is 30.3 Å². The smallest absolute Gasteiger partial charge is 0.258 e. The number of carbonyl (C=O) groups is 2. The molecule has 2 amide bonds. The molecule has 6 nitrogen and oxygen atoms in total. The fourth-order valence-corrected chi connectivity index (χ4v) is 5.93. The number of hydrogen-bond donors (Lipinski definition) is 1. The Kier molecular flexibility index (Phi) is 8.35. The third kappa shape index (κ3) is 6.22. The van der Waals surface area contributed by atoms with Gasteiger partial charge in [0.25, 0.3) is 5.91 Å². The summed E-state index contributed by atoms with van der Waals surface area (Å²) in [6, 6.07) is 18.2. The van der Waals surface area contributed by atoms with E-state index in [2.05, 4.69) is 27.3 Å². The monoisotopic (exact) mass is 534 g/mol. The third-order valence-electron chi connectivity index (χ3n) is 7.66. The van der Waals surface area contributed by atoms with Crippen LogP contribution in [0.15, 0.2) is 73.1 Å². The van der Waals surface area contributed by atoms with Crippen molar-refractivity contribution in [3.8, 4) is 0 Å². The lowest BCUT2D eigenvalue weighted by atomic mass is 10.0. The first kappa shape index (κ1) is 26.3. The number of amides is 2. The summed E-state index contributed by atoms with van der Waals surface area (Å²) in [5.74, 6) is -0.160. The van der Waals surface area contributed by atoms with Crippen LogP contribution in [0.4, 0.5) is 4.39 Å². The fraction of sp³-hybridized carbons (Fsp3) is 0.367. The molecule has 0 saturated carbocycles. The van der Waals surface area contributed by atoms with Crippen molar-refractivity contribution in [2.24, 2.45) is 11.8 Å². The molecule has 0 bridgehead atoms. The summed E-state index contributed by atoms with van der Waals surface area (Å²) in [7, 11) is 0. The molecule has 1 aromatic heterocycles. The summed E-state index contributed by atoms with van der Waals surface area (Å²) >= 11 is 6.13. The molecule has 3 aromatic rings. The van der Waals surface area contributed by atoms with Crippen LogP contribution in [-0.2, 0) is 11.2 Å². The molecule has 2 aliphatic heterocycles. The lowest BCUT2D eigenvalue weighted by Crippen LogP contribution is -2.35. The number of nitrogens with one attached hydrogen (secondary N) is 1. The van der Waals surface area contributed by atoms with Gasteiger partial charge in [0.15, 0.2) is 0 Å². The number of halogens is 2. The van der Waals surface area contributed by atoms with E-state index in [4.69, 9.17) is 11.6 Å². The molecule has 2 fully saturated rings. The van der Waals surface area contributed by atoms with Crippen molar-refractivity contribution in [3.05, 3.63) is 101 Å². The number of nitrogens with zero attached hydrogens (tertiary/aromatic N) is 3. The molecule has 8 heteroatoms. The van der Waals surface area contributed by atoms with E-state index in [-0.39, 0.29) is 28.4 Å². The lowest BCUT2D eigenvalue weighted by molar-refractivity contribution is -0.121. The predicted molar refractivity (Wildman–Crippen MR) is 145 cm³/mol. The first-order chi connectivity index (χ1) is 18.5. The van der Waals surface area contributed by atoms with Crippen LogP contribution >= 0.6 is 11.6 Å². The Labute approximate surface area is 227 Å². The highest BCUT2D eigenvalue weighted by Gasteiger charge is 2.42. The average Bonchev–Trinajstić information content (AvgIpc) is 3.50. The van der Waals surface area contributed by atoms with Crippen LogP contribution in [0.25, 0.3) is 0 Å². The van der Waals surface area contributed by atoms with Gasteiger partial charge in [-0.2, -0.15) is 0 Å². The molecule has 0 radical (unpaired) electrons. The van der Waals surface area contributed by atoms with E-state index in [0.29, 0.717) is 37.8 Å². The Morgan fingerprint density at radius 1 is 1.00 bits per heavy atom. The highest BCUT2D eigenvalue weighted by atomic mass is 35.5. The first-order valence-corrected chi connectivity index (χ1v) is 13.5. The molecule has 5 rings (SSSR count). The van der Waals surface area contributed by atoms with Crippen molar-refractivity contribution >= 4 is 23.4 Å². The molecule has 0 spiro atoms. The lowest BCUT2D eigenvalue weighted by Gasteiger charge is -2.25. The number of pyridine rings is 1. The van der Waals surface area contributed by atoms with Gasteiger partial charge in [-0.05, 0) is 54.0 Å². The standard InChI is InChI=1S/C30H32ClFN4O2/c31-25-9-4-10-26(32)29(25)30(38)36-19-23-17-35(18-24(23)20-36)15-13-27(22-7-2-1-3-8-22)34-28(37)12-11-21-6-5-14-33-16-21/h1-10,14,16,23-24,27H,11-13,15,17-20H2,(H,34,37). The molecule has 2 aromatic carbocycles. The largest absolute Gasteiger partial charge is 0.349 e. The zero-order chi connectivity index (χ0) is 26.5. The zero-order valence-electron chi connectivity index (χ0n) is 21.2. The van der Waals surface area contributed by atoms with Crippen molar-refractivity contribution < 1.29 is 14.0 Å². The summed E-state index contributed by atoms with van der Waals surface area (Å²) in [6.07, 6.45) is 5.40. The molecular weight excluding hydrogens is 503 g/mol. The van der Waals surface area contributed by atoms with Crippen LogP contribution in [-0.4, -0.2) is 59.3 Å². The first-order valence-electron chi connectivity index (χ1n) is 13.2. The number of aromatic nitrogens is 1. The number of benzene rings is 2. The summed E-state index contributed by atoms with van der Waals surface area (Å²) in [5.41, 5.74) is 2.11. The molecule has 3 atom stereocenters. The normalized spacial score (nSPS) is 19.8. The summed E-state index contributed by atoms with van der Waals surface area (Å²) < 4.78 is 14.3. The minimum Gasteiger partial charge on any atom is -0.349 e. The number of carbonyl (C=O) groups excluding carboxylic acids is 2. The Bertz CT molecular complexity index is 1230. The van der Waals surface area contributed by atoms with Crippen LogP contribution in [0.1, 0.15) is 40.4 Å². The molecule has 1 N–H and O–H groups in total. The molecule has 0 aliphatic carbocycles. The van der Waals surface area contributed by atoms with Crippen molar-refractivity contribution in [2.75, 3.05) is 32.7 Å². The topological polar surface area (TPSA) is 65.5 Å².